The van der Waals surface area contributed by atoms with Gasteiger partial charge in [0.1, 0.15) is 12.1 Å². The number of fused-ring (bicyclic) bond motifs is 1. The molecule has 2 heterocycles. The van der Waals surface area contributed by atoms with Crippen molar-refractivity contribution in [1.82, 2.24) is 9.97 Å². The minimum atomic E-state index is -0.408. The molecule has 1 aliphatic rings. The minimum absolute atomic E-state index is 0.250. The summed E-state index contributed by atoms with van der Waals surface area (Å²) in [5.41, 5.74) is 2.02. The molecule has 0 aliphatic carbocycles. The van der Waals surface area contributed by atoms with E-state index in [4.69, 9.17) is 9.47 Å². The summed E-state index contributed by atoms with van der Waals surface area (Å²) in [6.07, 6.45) is 1.90. The summed E-state index contributed by atoms with van der Waals surface area (Å²) in [5, 5.41) is 11.4. The lowest BCUT2D eigenvalue weighted by atomic mass is 9.89. The molecule has 0 bridgehead atoms. The summed E-state index contributed by atoms with van der Waals surface area (Å²) >= 11 is 0. The van der Waals surface area contributed by atoms with Crippen LogP contribution in [0.1, 0.15) is 17.9 Å². The van der Waals surface area contributed by atoms with E-state index < -0.39 is 6.10 Å². The molecule has 1 aliphatic heterocycles. The van der Waals surface area contributed by atoms with Crippen molar-refractivity contribution < 1.29 is 14.6 Å². The van der Waals surface area contributed by atoms with Gasteiger partial charge in [0.2, 0.25) is 0 Å². The largest absolute Gasteiger partial charge is 0.493 e. The third-order valence-electron chi connectivity index (χ3n) is 5.12. The van der Waals surface area contributed by atoms with Crippen LogP contribution in [0.5, 0.6) is 11.5 Å². The van der Waals surface area contributed by atoms with Gasteiger partial charge in [-0.2, -0.15) is 0 Å². The predicted octanol–water partition coefficient (Wildman–Crippen LogP) is 3.00. The quantitative estimate of drug-likeness (QED) is 0.767. The normalized spacial score (nSPS) is 19.9. The van der Waals surface area contributed by atoms with Gasteiger partial charge < -0.3 is 19.5 Å². The van der Waals surface area contributed by atoms with Crippen LogP contribution in [0.3, 0.4) is 0 Å². The van der Waals surface area contributed by atoms with Crippen molar-refractivity contribution in [3.8, 4) is 11.5 Å². The molecule has 27 heavy (non-hydrogen) atoms. The first-order valence-electron chi connectivity index (χ1n) is 9.04. The van der Waals surface area contributed by atoms with Crippen molar-refractivity contribution in [1.29, 1.82) is 0 Å². The molecule has 1 aromatic heterocycles. The van der Waals surface area contributed by atoms with Crippen LogP contribution in [0, 0.1) is 0 Å². The number of anilines is 1. The van der Waals surface area contributed by atoms with Gasteiger partial charge in [0.25, 0.3) is 0 Å². The monoisotopic (exact) mass is 365 g/mol. The van der Waals surface area contributed by atoms with E-state index in [1.165, 1.54) is 5.56 Å². The maximum absolute atomic E-state index is 10.5. The Morgan fingerprint density at radius 3 is 2.48 bits per heavy atom. The average molecular weight is 365 g/mol. The maximum Gasteiger partial charge on any atom is 0.162 e. The van der Waals surface area contributed by atoms with Crippen molar-refractivity contribution in [2.45, 2.75) is 18.4 Å². The number of hydrogen-bond donors (Lipinski definition) is 1. The van der Waals surface area contributed by atoms with Crippen LogP contribution in [0.25, 0.3) is 10.9 Å². The summed E-state index contributed by atoms with van der Waals surface area (Å²) in [4.78, 5) is 11.1. The number of β-amino-alcohol motifs (C(OH)–C–C–N with tert-alkyl or cyclic N) is 1. The van der Waals surface area contributed by atoms with Gasteiger partial charge in [-0.05, 0) is 18.1 Å². The molecule has 140 valence electrons. The van der Waals surface area contributed by atoms with Crippen LogP contribution in [0.4, 0.5) is 5.82 Å². The highest BCUT2D eigenvalue weighted by Gasteiger charge is 2.29. The van der Waals surface area contributed by atoms with Crippen LogP contribution in [0.15, 0.2) is 48.8 Å². The molecule has 0 amide bonds. The molecule has 3 aromatic rings. The Kier molecular flexibility index (Phi) is 4.81. The zero-order chi connectivity index (χ0) is 18.8. The van der Waals surface area contributed by atoms with Gasteiger partial charge in [0.15, 0.2) is 11.5 Å². The number of nitrogens with zero attached hydrogens (tertiary/aromatic N) is 3. The van der Waals surface area contributed by atoms with Crippen molar-refractivity contribution in [2.24, 2.45) is 0 Å². The van der Waals surface area contributed by atoms with Gasteiger partial charge in [-0.15, -0.1) is 0 Å². The van der Waals surface area contributed by atoms with E-state index in [9.17, 15) is 5.11 Å². The van der Waals surface area contributed by atoms with Crippen LogP contribution in [0.2, 0.25) is 0 Å². The third-order valence-corrected chi connectivity index (χ3v) is 5.12. The summed E-state index contributed by atoms with van der Waals surface area (Å²) < 4.78 is 10.8. The summed E-state index contributed by atoms with van der Waals surface area (Å²) in [6.45, 7) is 1.34. The SMILES string of the molecule is COc1cc2ncnc(N3C[C@H](O)C[C@@H](c4ccccc4)C3)c2cc1OC. The molecule has 0 spiro atoms. The molecule has 2 atom stereocenters. The van der Waals surface area contributed by atoms with Gasteiger partial charge in [0, 0.05) is 30.5 Å². The van der Waals surface area contributed by atoms with E-state index in [0.717, 1.165) is 29.7 Å². The topological polar surface area (TPSA) is 67.7 Å². The fourth-order valence-electron chi connectivity index (χ4n) is 3.83. The Bertz CT molecular complexity index is 933. The van der Waals surface area contributed by atoms with Gasteiger partial charge in [-0.1, -0.05) is 30.3 Å². The van der Waals surface area contributed by atoms with Crippen molar-refractivity contribution in [3.63, 3.8) is 0 Å². The molecule has 1 fully saturated rings. The Balaban J connectivity index is 1.74. The zero-order valence-corrected chi connectivity index (χ0v) is 15.5. The van der Waals surface area contributed by atoms with E-state index in [1.54, 1.807) is 20.5 Å². The molecule has 0 unspecified atom stereocenters. The van der Waals surface area contributed by atoms with E-state index in [0.29, 0.717) is 18.0 Å². The number of aliphatic hydroxyl groups excluding tert-OH is 1. The number of ether oxygens (including phenoxy) is 2. The second kappa shape index (κ2) is 7.40. The highest BCUT2D eigenvalue weighted by molar-refractivity contribution is 5.92. The van der Waals surface area contributed by atoms with E-state index in [2.05, 4.69) is 27.0 Å². The Morgan fingerprint density at radius 2 is 1.74 bits per heavy atom. The molecule has 2 aromatic carbocycles. The van der Waals surface area contributed by atoms with E-state index in [1.807, 2.05) is 30.3 Å². The maximum atomic E-state index is 10.5. The average Bonchev–Trinajstić information content (AvgIpc) is 2.72. The molecule has 6 heteroatoms. The van der Waals surface area contributed by atoms with Crippen LogP contribution in [-0.2, 0) is 0 Å². The molecule has 4 rings (SSSR count). The molecule has 0 radical (unpaired) electrons. The lowest BCUT2D eigenvalue weighted by Gasteiger charge is -2.37. The lowest BCUT2D eigenvalue weighted by Crippen LogP contribution is -2.42. The molecule has 1 saturated heterocycles. The van der Waals surface area contributed by atoms with Crippen LogP contribution in [-0.4, -0.2) is 48.5 Å². The number of aliphatic hydroxyl groups is 1. The summed E-state index contributed by atoms with van der Waals surface area (Å²) in [6, 6.07) is 14.1. The fraction of sp³-hybridized carbons (Fsp3) is 0.333. The number of piperidine rings is 1. The number of rotatable bonds is 4. The first-order chi connectivity index (χ1) is 13.2. The van der Waals surface area contributed by atoms with Crippen molar-refractivity contribution in [3.05, 3.63) is 54.4 Å². The van der Waals surface area contributed by atoms with Gasteiger partial charge in [-0.25, -0.2) is 9.97 Å². The minimum Gasteiger partial charge on any atom is -0.493 e. The van der Waals surface area contributed by atoms with Gasteiger partial charge >= 0.3 is 0 Å². The number of hydrogen-bond acceptors (Lipinski definition) is 6. The van der Waals surface area contributed by atoms with Crippen molar-refractivity contribution in [2.75, 3.05) is 32.2 Å². The smallest absolute Gasteiger partial charge is 0.162 e. The van der Waals surface area contributed by atoms with Crippen LogP contribution >= 0.6 is 0 Å². The Hall–Kier alpha value is -2.86. The molecule has 1 N–H and O–H groups in total. The van der Waals surface area contributed by atoms with E-state index in [-0.39, 0.29) is 5.92 Å². The number of aromatic nitrogens is 2. The third kappa shape index (κ3) is 3.40. The van der Waals surface area contributed by atoms with Crippen LogP contribution < -0.4 is 14.4 Å². The van der Waals surface area contributed by atoms with E-state index >= 15 is 0 Å². The highest BCUT2D eigenvalue weighted by Crippen LogP contribution is 2.37. The first-order valence-corrected chi connectivity index (χ1v) is 9.04. The Morgan fingerprint density at radius 1 is 1.00 bits per heavy atom. The van der Waals surface area contributed by atoms with Crippen molar-refractivity contribution >= 4 is 16.7 Å². The summed E-state index contributed by atoms with van der Waals surface area (Å²) in [5.74, 6) is 2.33. The molecule has 0 saturated carbocycles. The molecular formula is C21H23N3O3. The zero-order valence-electron chi connectivity index (χ0n) is 15.5. The number of methoxy groups -OCH3 is 2. The van der Waals surface area contributed by atoms with Gasteiger partial charge in [-0.3, -0.25) is 0 Å². The fourth-order valence-corrected chi connectivity index (χ4v) is 3.83. The number of benzene rings is 2. The highest BCUT2D eigenvalue weighted by atomic mass is 16.5. The predicted molar refractivity (Wildman–Crippen MR) is 105 cm³/mol. The van der Waals surface area contributed by atoms with Gasteiger partial charge in [0.05, 0.1) is 25.8 Å². The molecular weight excluding hydrogens is 342 g/mol. The second-order valence-electron chi connectivity index (χ2n) is 6.82. The standard InChI is InChI=1S/C21H23N3O3/c1-26-19-9-17-18(10-20(19)27-2)22-13-23-21(17)24-11-15(8-16(25)12-24)14-6-4-3-5-7-14/h3-7,9-10,13,15-16,25H,8,11-12H2,1-2H3/t15-,16-/m1/s1. The molecule has 6 nitrogen and oxygen atoms in total. The second-order valence-corrected chi connectivity index (χ2v) is 6.82. The summed E-state index contributed by atoms with van der Waals surface area (Å²) in [7, 11) is 3.22. The first kappa shape index (κ1) is 17.5. The Labute approximate surface area is 158 Å². The lowest BCUT2D eigenvalue weighted by molar-refractivity contribution is 0.144.